The summed E-state index contributed by atoms with van der Waals surface area (Å²) >= 11 is 0.876. The molecule has 3 nitrogen and oxygen atoms in total. The van der Waals surface area contributed by atoms with Gasteiger partial charge in [0.25, 0.3) is 0 Å². The Morgan fingerprint density at radius 2 is 1.72 bits per heavy atom. The number of anilines is 1. The quantitative estimate of drug-likeness (QED) is 0.701. The fourth-order valence-corrected chi connectivity index (χ4v) is 3.32. The zero-order valence-corrected chi connectivity index (χ0v) is 13.4. The van der Waals surface area contributed by atoms with Crippen LogP contribution in [0.15, 0.2) is 29.6 Å². The SMILES string of the molecule is FC(F)(F)c1ccc(C2CN(c3nc(C(F)(F)F)cs3)CCO2)cc1. The standard InChI is InChI=1S/C15H12F6N2OS/c16-14(17,18)10-3-1-9(2-4-10)11-7-23(5-6-24-11)13-22-12(8-25-13)15(19,20)21/h1-4,8,11H,5-7H2. The Kier molecular flexibility index (Phi) is 4.67. The van der Waals surface area contributed by atoms with Crippen molar-refractivity contribution >= 4 is 16.5 Å². The molecule has 1 atom stereocenters. The predicted molar refractivity (Wildman–Crippen MR) is 79.5 cm³/mol. The van der Waals surface area contributed by atoms with Crippen molar-refractivity contribution in [1.82, 2.24) is 4.98 Å². The van der Waals surface area contributed by atoms with Gasteiger partial charge in [-0.2, -0.15) is 26.3 Å². The first-order valence-corrected chi connectivity index (χ1v) is 8.09. The number of rotatable bonds is 2. The number of nitrogens with zero attached hydrogens (tertiary/aromatic N) is 2. The molecule has 0 bridgehead atoms. The molecule has 1 aromatic heterocycles. The van der Waals surface area contributed by atoms with Crippen molar-refractivity contribution < 1.29 is 31.1 Å². The molecule has 1 aliphatic heterocycles. The smallest absolute Gasteiger partial charge is 0.370 e. The summed E-state index contributed by atoms with van der Waals surface area (Å²) in [6.45, 7) is 0.824. The summed E-state index contributed by atoms with van der Waals surface area (Å²) < 4.78 is 81.3. The van der Waals surface area contributed by atoms with Crippen molar-refractivity contribution in [3.63, 3.8) is 0 Å². The van der Waals surface area contributed by atoms with Gasteiger partial charge in [0.1, 0.15) is 6.10 Å². The number of alkyl halides is 6. The Hall–Kier alpha value is -1.81. The highest BCUT2D eigenvalue weighted by molar-refractivity contribution is 7.13. The van der Waals surface area contributed by atoms with Crippen molar-refractivity contribution in [2.24, 2.45) is 0 Å². The maximum absolute atomic E-state index is 12.7. The summed E-state index contributed by atoms with van der Waals surface area (Å²) in [6, 6.07) is 4.56. The number of benzene rings is 1. The highest BCUT2D eigenvalue weighted by Crippen LogP contribution is 2.35. The predicted octanol–water partition coefficient (Wildman–Crippen LogP) is 4.76. The molecule has 0 radical (unpaired) electrons. The molecule has 10 heteroatoms. The molecule has 1 aliphatic rings. The van der Waals surface area contributed by atoms with Gasteiger partial charge in [0.05, 0.1) is 18.7 Å². The lowest BCUT2D eigenvalue weighted by Gasteiger charge is -2.33. The minimum absolute atomic E-state index is 0.215. The number of morpholine rings is 1. The molecule has 2 aromatic rings. The highest BCUT2D eigenvalue weighted by Gasteiger charge is 2.35. The van der Waals surface area contributed by atoms with E-state index in [1.165, 1.54) is 12.1 Å². The highest BCUT2D eigenvalue weighted by atomic mass is 32.1. The van der Waals surface area contributed by atoms with E-state index >= 15 is 0 Å². The van der Waals surface area contributed by atoms with Crippen molar-refractivity contribution in [3.05, 3.63) is 46.5 Å². The Bertz CT molecular complexity index is 725. The number of hydrogen-bond acceptors (Lipinski definition) is 4. The monoisotopic (exact) mass is 382 g/mol. The summed E-state index contributed by atoms with van der Waals surface area (Å²) in [5, 5.41) is 1.16. The van der Waals surface area contributed by atoms with E-state index in [9.17, 15) is 26.3 Å². The molecule has 0 spiro atoms. The van der Waals surface area contributed by atoms with Crippen LogP contribution in [0, 0.1) is 0 Å². The minimum Gasteiger partial charge on any atom is -0.370 e. The Morgan fingerprint density at radius 1 is 1.04 bits per heavy atom. The fourth-order valence-electron chi connectivity index (χ4n) is 2.45. The van der Waals surface area contributed by atoms with Crippen molar-refractivity contribution in [2.75, 3.05) is 24.6 Å². The van der Waals surface area contributed by atoms with E-state index in [0.717, 1.165) is 28.8 Å². The number of ether oxygens (including phenoxy) is 1. The molecule has 0 amide bonds. The Morgan fingerprint density at radius 3 is 2.28 bits per heavy atom. The number of aromatic nitrogens is 1. The van der Waals surface area contributed by atoms with E-state index in [4.69, 9.17) is 4.74 Å². The van der Waals surface area contributed by atoms with E-state index in [1.54, 1.807) is 4.90 Å². The van der Waals surface area contributed by atoms with Crippen LogP contribution in [0.1, 0.15) is 22.9 Å². The third-order valence-corrected chi connectivity index (χ3v) is 4.63. The van der Waals surface area contributed by atoms with E-state index in [0.29, 0.717) is 12.1 Å². The van der Waals surface area contributed by atoms with Gasteiger partial charge >= 0.3 is 12.4 Å². The van der Waals surface area contributed by atoms with E-state index < -0.39 is 29.7 Å². The van der Waals surface area contributed by atoms with Crippen LogP contribution < -0.4 is 4.90 Å². The Labute approximate surface area is 142 Å². The summed E-state index contributed by atoms with van der Waals surface area (Å²) in [6.07, 6.45) is -9.46. The zero-order chi connectivity index (χ0) is 18.2. The van der Waals surface area contributed by atoms with Crippen molar-refractivity contribution in [3.8, 4) is 0 Å². The van der Waals surface area contributed by atoms with Crippen molar-refractivity contribution in [1.29, 1.82) is 0 Å². The molecule has 136 valence electrons. The zero-order valence-electron chi connectivity index (χ0n) is 12.6. The molecule has 1 saturated heterocycles. The maximum atomic E-state index is 12.7. The van der Waals surface area contributed by atoms with E-state index in [2.05, 4.69) is 4.98 Å². The average molecular weight is 382 g/mol. The number of halogens is 6. The maximum Gasteiger partial charge on any atom is 0.434 e. The first-order valence-electron chi connectivity index (χ1n) is 7.21. The lowest BCUT2D eigenvalue weighted by Crippen LogP contribution is -2.38. The fraction of sp³-hybridized carbons (Fsp3) is 0.400. The molecule has 25 heavy (non-hydrogen) atoms. The normalized spacial score (nSPS) is 19.3. The van der Waals surface area contributed by atoms with Crippen LogP contribution in [-0.2, 0) is 17.1 Å². The van der Waals surface area contributed by atoms with Gasteiger partial charge in [-0.1, -0.05) is 12.1 Å². The van der Waals surface area contributed by atoms with Gasteiger partial charge in [0.15, 0.2) is 10.8 Å². The molecule has 0 N–H and O–H groups in total. The third-order valence-electron chi connectivity index (χ3n) is 3.73. The molecule has 1 fully saturated rings. The molecule has 2 heterocycles. The molecule has 0 saturated carbocycles. The average Bonchev–Trinajstić information content (AvgIpc) is 3.05. The van der Waals surface area contributed by atoms with Crippen LogP contribution >= 0.6 is 11.3 Å². The van der Waals surface area contributed by atoms with Crippen LogP contribution in [-0.4, -0.2) is 24.7 Å². The largest absolute Gasteiger partial charge is 0.434 e. The lowest BCUT2D eigenvalue weighted by molar-refractivity contribution is -0.140. The van der Waals surface area contributed by atoms with Gasteiger partial charge in [0, 0.05) is 11.9 Å². The van der Waals surface area contributed by atoms with Gasteiger partial charge in [-0.15, -0.1) is 11.3 Å². The van der Waals surface area contributed by atoms with Gasteiger partial charge in [-0.25, -0.2) is 4.98 Å². The molecule has 3 rings (SSSR count). The first-order chi connectivity index (χ1) is 11.6. The number of thiazole rings is 1. The van der Waals surface area contributed by atoms with Crippen LogP contribution in [0.25, 0.3) is 0 Å². The van der Waals surface area contributed by atoms with Gasteiger partial charge in [-0.05, 0) is 17.7 Å². The first kappa shape index (κ1) is 18.0. The van der Waals surface area contributed by atoms with Crippen LogP contribution in [0.3, 0.4) is 0 Å². The molecule has 0 aliphatic carbocycles. The van der Waals surface area contributed by atoms with Crippen molar-refractivity contribution in [2.45, 2.75) is 18.5 Å². The van der Waals surface area contributed by atoms with Crippen LogP contribution in [0.4, 0.5) is 31.5 Å². The second-order valence-corrected chi connectivity index (χ2v) is 6.27. The summed E-state index contributed by atoms with van der Waals surface area (Å²) in [5.74, 6) is 0. The minimum atomic E-state index is -4.51. The number of hydrogen-bond donors (Lipinski definition) is 0. The third kappa shape index (κ3) is 4.06. The second kappa shape index (κ2) is 6.49. The Balaban J connectivity index is 1.74. The van der Waals surface area contributed by atoms with Crippen LogP contribution in [0.5, 0.6) is 0 Å². The molecular formula is C15H12F6N2OS. The van der Waals surface area contributed by atoms with Gasteiger partial charge in [-0.3, -0.25) is 0 Å². The lowest BCUT2D eigenvalue weighted by atomic mass is 10.1. The van der Waals surface area contributed by atoms with Crippen LogP contribution in [0.2, 0.25) is 0 Å². The van der Waals surface area contributed by atoms with Gasteiger partial charge in [0.2, 0.25) is 0 Å². The molecule has 1 unspecified atom stereocenters. The summed E-state index contributed by atoms with van der Waals surface area (Å²) in [5.41, 5.74) is -1.19. The second-order valence-electron chi connectivity index (χ2n) is 5.44. The van der Waals surface area contributed by atoms with Gasteiger partial charge < -0.3 is 9.64 Å². The van der Waals surface area contributed by atoms with E-state index in [1.807, 2.05) is 0 Å². The summed E-state index contributed by atoms with van der Waals surface area (Å²) in [4.78, 5) is 5.24. The molecule has 1 aromatic carbocycles. The molecular weight excluding hydrogens is 370 g/mol. The topological polar surface area (TPSA) is 25.4 Å². The van der Waals surface area contributed by atoms with E-state index in [-0.39, 0.29) is 18.3 Å². The summed E-state index contributed by atoms with van der Waals surface area (Å²) in [7, 11) is 0.